The Morgan fingerprint density at radius 2 is 2.05 bits per heavy atom. The minimum absolute atomic E-state index is 0.00639. The normalized spacial score (nSPS) is 23.1. The maximum atomic E-state index is 12.4. The first-order valence-corrected chi connectivity index (χ1v) is 7.14. The van der Waals surface area contributed by atoms with Crippen LogP contribution in [-0.2, 0) is 0 Å². The molecular weight excluding hydrogens is 262 g/mol. The van der Waals surface area contributed by atoms with E-state index >= 15 is 0 Å². The van der Waals surface area contributed by atoms with E-state index in [0.29, 0.717) is 17.5 Å². The summed E-state index contributed by atoms with van der Waals surface area (Å²) < 4.78 is 0. The second kappa shape index (κ2) is 5.83. The first-order valence-electron chi connectivity index (χ1n) is 6.76. The van der Waals surface area contributed by atoms with Gasteiger partial charge < -0.3 is 10.0 Å². The minimum Gasteiger partial charge on any atom is -0.506 e. The summed E-state index contributed by atoms with van der Waals surface area (Å²) in [5, 5.41) is 9.62. The average Bonchev–Trinajstić information content (AvgIpc) is 2.41. The first-order chi connectivity index (χ1) is 9.00. The van der Waals surface area contributed by atoms with Gasteiger partial charge in [-0.15, -0.1) is 0 Å². The maximum Gasteiger partial charge on any atom is 0.253 e. The number of benzene rings is 1. The molecule has 0 heterocycles. The molecule has 1 N–H and O–H groups in total. The molecular formula is C15H20ClNO2. The van der Waals surface area contributed by atoms with Gasteiger partial charge in [0.15, 0.2) is 0 Å². The van der Waals surface area contributed by atoms with Gasteiger partial charge in [-0.1, -0.05) is 31.4 Å². The van der Waals surface area contributed by atoms with Gasteiger partial charge in [-0.05, 0) is 37.0 Å². The Kier molecular flexibility index (Phi) is 4.35. The average molecular weight is 282 g/mol. The number of hydrogen-bond donors (Lipinski definition) is 1. The van der Waals surface area contributed by atoms with E-state index < -0.39 is 0 Å². The fraction of sp³-hybridized carbons (Fsp3) is 0.533. The number of nitrogens with zero attached hydrogens (tertiary/aromatic N) is 1. The van der Waals surface area contributed by atoms with Crippen LogP contribution in [0, 0.1) is 5.92 Å². The molecule has 104 valence electrons. The molecule has 1 aliphatic rings. The Hall–Kier alpha value is -1.22. The highest BCUT2D eigenvalue weighted by molar-refractivity contribution is 6.32. The van der Waals surface area contributed by atoms with Crippen LogP contribution in [0.4, 0.5) is 0 Å². The molecule has 0 saturated heterocycles. The van der Waals surface area contributed by atoms with Crippen LogP contribution in [-0.4, -0.2) is 29.0 Å². The van der Waals surface area contributed by atoms with Crippen LogP contribution >= 0.6 is 11.6 Å². The lowest BCUT2D eigenvalue weighted by atomic mass is 9.85. The number of phenolic OH excluding ortho intramolecular Hbond substituents is 1. The fourth-order valence-corrected chi connectivity index (χ4v) is 3.05. The van der Waals surface area contributed by atoms with E-state index in [2.05, 4.69) is 6.92 Å². The lowest BCUT2D eigenvalue weighted by Gasteiger charge is -2.36. The third kappa shape index (κ3) is 3.03. The van der Waals surface area contributed by atoms with Crippen molar-refractivity contribution in [2.24, 2.45) is 5.92 Å². The van der Waals surface area contributed by atoms with E-state index in [0.717, 1.165) is 6.42 Å². The van der Waals surface area contributed by atoms with Gasteiger partial charge >= 0.3 is 0 Å². The van der Waals surface area contributed by atoms with Gasteiger partial charge in [-0.25, -0.2) is 0 Å². The molecule has 1 fully saturated rings. The topological polar surface area (TPSA) is 40.5 Å². The monoisotopic (exact) mass is 281 g/mol. The molecule has 4 heteroatoms. The molecule has 0 radical (unpaired) electrons. The van der Waals surface area contributed by atoms with Crippen LogP contribution in [0.3, 0.4) is 0 Å². The Balaban J connectivity index is 2.15. The Bertz CT molecular complexity index is 475. The number of amides is 1. The molecule has 0 bridgehead atoms. The zero-order valence-corrected chi connectivity index (χ0v) is 12.2. The minimum atomic E-state index is -0.0272. The van der Waals surface area contributed by atoms with Crippen molar-refractivity contribution in [1.29, 1.82) is 0 Å². The summed E-state index contributed by atoms with van der Waals surface area (Å²) in [7, 11) is 1.86. The molecule has 0 aromatic heterocycles. The molecule has 0 aliphatic heterocycles. The highest BCUT2D eigenvalue weighted by Gasteiger charge is 2.28. The number of phenols is 1. The van der Waals surface area contributed by atoms with E-state index in [1.807, 2.05) is 11.9 Å². The molecule has 1 aromatic carbocycles. The largest absolute Gasteiger partial charge is 0.506 e. The summed E-state index contributed by atoms with van der Waals surface area (Å²) >= 11 is 5.86. The van der Waals surface area contributed by atoms with Gasteiger partial charge in [-0.2, -0.15) is 0 Å². The van der Waals surface area contributed by atoms with Crippen LogP contribution in [0.5, 0.6) is 5.75 Å². The number of carbonyl (C=O) groups is 1. The van der Waals surface area contributed by atoms with Crippen LogP contribution in [0.25, 0.3) is 0 Å². The maximum absolute atomic E-state index is 12.4. The van der Waals surface area contributed by atoms with E-state index in [9.17, 15) is 9.90 Å². The van der Waals surface area contributed by atoms with Crippen molar-refractivity contribution in [1.82, 2.24) is 4.90 Å². The van der Waals surface area contributed by atoms with Crippen molar-refractivity contribution in [2.75, 3.05) is 7.05 Å². The highest BCUT2D eigenvalue weighted by atomic mass is 35.5. The van der Waals surface area contributed by atoms with Crippen LogP contribution < -0.4 is 0 Å². The second-order valence-electron chi connectivity index (χ2n) is 5.41. The number of rotatable bonds is 2. The van der Waals surface area contributed by atoms with E-state index in [1.165, 1.54) is 31.4 Å². The number of halogens is 1. The quantitative estimate of drug-likeness (QED) is 0.898. The van der Waals surface area contributed by atoms with Gasteiger partial charge in [-0.3, -0.25) is 4.79 Å². The summed E-state index contributed by atoms with van der Waals surface area (Å²) in [6.07, 6.45) is 4.68. The molecule has 1 aromatic rings. The lowest BCUT2D eigenvalue weighted by Crippen LogP contribution is -2.42. The van der Waals surface area contributed by atoms with Crippen molar-refractivity contribution in [2.45, 2.75) is 38.6 Å². The summed E-state index contributed by atoms with van der Waals surface area (Å²) in [4.78, 5) is 14.3. The third-order valence-corrected chi connectivity index (χ3v) is 4.38. The van der Waals surface area contributed by atoms with Crippen molar-refractivity contribution in [3.8, 4) is 5.75 Å². The summed E-state index contributed by atoms with van der Waals surface area (Å²) in [5.41, 5.74) is 0.531. The predicted molar refractivity (Wildman–Crippen MR) is 76.6 cm³/mol. The Morgan fingerprint density at radius 3 is 2.68 bits per heavy atom. The number of carbonyl (C=O) groups excluding carboxylic acids is 1. The lowest BCUT2D eigenvalue weighted by molar-refractivity contribution is 0.0629. The third-order valence-electron chi connectivity index (χ3n) is 4.08. The molecule has 1 aliphatic carbocycles. The van der Waals surface area contributed by atoms with Gasteiger partial charge in [0, 0.05) is 18.7 Å². The SMILES string of the molecule is CC1CCCCC1N(C)C(=O)c1ccc(O)c(Cl)c1. The number of hydrogen-bond acceptors (Lipinski definition) is 2. The molecule has 2 rings (SSSR count). The molecule has 2 unspecified atom stereocenters. The molecule has 19 heavy (non-hydrogen) atoms. The first kappa shape index (κ1) is 14.2. The molecule has 1 amide bonds. The predicted octanol–water partition coefficient (Wildman–Crippen LogP) is 3.70. The van der Waals surface area contributed by atoms with Gasteiger partial charge in [0.05, 0.1) is 5.02 Å². The molecule has 1 saturated carbocycles. The fourth-order valence-electron chi connectivity index (χ4n) is 2.87. The van der Waals surface area contributed by atoms with Gasteiger partial charge in [0.1, 0.15) is 5.75 Å². The second-order valence-corrected chi connectivity index (χ2v) is 5.82. The standard InChI is InChI=1S/C15H20ClNO2/c1-10-5-3-4-6-13(10)17(2)15(19)11-7-8-14(18)12(16)9-11/h7-10,13,18H,3-6H2,1-2H3. The molecule has 0 spiro atoms. The Labute approximate surface area is 119 Å². The van der Waals surface area contributed by atoms with E-state index in [4.69, 9.17) is 11.6 Å². The van der Waals surface area contributed by atoms with Crippen LogP contribution in [0.1, 0.15) is 43.0 Å². The van der Waals surface area contributed by atoms with E-state index in [-0.39, 0.29) is 16.7 Å². The van der Waals surface area contributed by atoms with Crippen molar-refractivity contribution >= 4 is 17.5 Å². The zero-order valence-electron chi connectivity index (χ0n) is 11.4. The van der Waals surface area contributed by atoms with Gasteiger partial charge in [0.2, 0.25) is 0 Å². The van der Waals surface area contributed by atoms with E-state index in [1.54, 1.807) is 6.07 Å². The van der Waals surface area contributed by atoms with Crippen molar-refractivity contribution in [3.63, 3.8) is 0 Å². The summed E-state index contributed by atoms with van der Waals surface area (Å²) in [6, 6.07) is 4.92. The summed E-state index contributed by atoms with van der Waals surface area (Å²) in [5.74, 6) is 0.517. The zero-order chi connectivity index (χ0) is 14.0. The molecule has 2 atom stereocenters. The van der Waals surface area contributed by atoms with Crippen LogP contribution in [0.15, 0.2) is 18.2 Å². The van der Waals surface area contributed by atoms with Crippen molar-refractivity contribution in [3.05, 3.63) is 28.8 Å². The number of aromatic hydroxyl groups is 1. The van der Waals surface area contributed by atoms with Crippen LogP contribution in [0.2, 0.25) is 5.02 Å². The summed E-state index contributed by atoms with van der Waals surface area (Å²) in [6.45, 7) is 2.21. The molecule has 3 nitrogen and oxygen atoms in total. The Morgan fingerprint density at radius 1 is 1.37 bits per heavy atom. The highest BCUT2D eigenvalue weighted by Crippen LogP contribution is 2.29. The smallest absolute Gasteiger partial charge is 0.253 e. The van der Waals surface area contributed by atoms with Gasteiger partial charge in [0.25, 0.3) is 5.91 Å². The van der Waals surface area contributed by atoms with Crippen molar-refractivity contribution < 1.29 is 9.90 Å².